The van der Waals surface area contributed by atoms with Gasteiger partial charge >= 0.3 is 0 Å². The molecule has 0 aromatic heterocycles. The van der Waals surface area contributed by atoms with Crippen LogP contribution in [-0.4, -0.2) is 40.3 Å². The van der Waals surface area contributed by atoms with Gasteiger partial charge in [-0.25, -0.2) is 8.42 Å². The summed E-state index contributed by atoms with van der Waals surface area (Å²) in [5.41, 5.74) is 1.54. The van der Waals surface area contributed by atoms with E-state index < -0.39 is 10.0 Å². The highest BCUT2D eigenvalue weighted by Gasteiger charge is 2.12. The van der Waals surface area contributed by atoms with Crippen LogP contribution in [0.3, 0.4) is 0 Å². The molecule has 0 unspecified atom stereocenters. The molecule has 1 aromatic carbocycles. The fourth-order valence-corrected chi connectivity index (χ4v) is 2.29. The Hall–Kier alpha value is -1.60. The Morgan fingerprint density at radius 1 is 1.40 bits per heavy atom. The molecule has 1 rings (SSSR count). The average molecular weight is 300 g/mol. The number of carbonyl (C=O) groups excluding carboxylic acids is 1. The molecule has 7 heteroatoms. The molecule has 0 bridgehead atoms. The molecule has 0 aliphatic carbocycles. The van der Waals surface area contributed by atoms with Gasteiger partial charge < -0.3 is 10.1 Å². The van der Waals surface area contributed by atoms with Crippen molar-refractivity contribution in [1.82, 2.24) is 5.32 Å². The smallest absolute Gasteiger partial charge is 0.251 e. The highest BCUT2D eigenvalue weighted by Crippen LogP contribution is 2.18. The second-order valence-corrected chi connectivity index (χ2v) is 6.48. The van der Waals surface area contributed by atoms with E-state index in [-0.39, 0.29) is 11.9 Å². The van der Waals surface area contributed by atoms with E-state index in [0.29, 0.717) is 17.9 Å². The van der Waals surface area contributed by atoms with Gasteiger partial charge in [-0.2, -0.15) is 0 Å². The molecule has 0 fully saturated rings. The third-order valence-electron chi connectivity index (χ3n) is 2.59. The van der Waals surface area contributed by atoms with Gasteiger partial charge in [0.2, 0.25) is 10.0 Å². The number of nitrogens with one attached hydrogen (secondary N) is 2. The SMILES string of the molecule is COC[C@@H](C)NC(=O)c1ccc(C)c(NS(C)(=O)=O)c1. The van der Waals surface area contributed by atoms with E-state index in [9.17, 15) is 13.2 Å². The second kappa shape index (κ2) is 6.71. The molecule has 0 saturated carbocycles. The average Bonchev–Trinajstić information content (AvgIpc) is 2.30. The zero-order valence-electron chi connectivity index (χ0n) is 12.1. The summed E-state index contributed by atoms with van der Waals surface area (Å²) in [6.45, 7) is 4.00. The van der Waals surface area contributed by atoms with Gasteiger partial charge in [0.25, 0.3) is 5.91 Å². The van der Waals surface area contributed by atoms with Crippen molar-refractivity contribution in [2.75, 3.05) is 24.7 Å². The van der Waals surface area contributed by atoms with Gasteiger partial charge in [0, 0.05) is 18.7 Å². The maximum absolute atomic E-state index is 12.0. The van der Waals surface area contributed by atoms with E-state index in [1.54, 1.807) is 26.2 Å². The predicted molar refractivity (Wildman–Crippen MR) is 78.4 cm³/mol. The third kappa shape index (κ3) is 5.18. The highest BCUT2D eigenvalue weighted by molar-refractivity contribution is 7.92. The molecule has 1 amide bonds. The van der Waals surface area contributed by atoms with E-state index in [4.69, 9.17) is 4.74 Å². The lowest BCUT2D eigenvalue weighted by Gasteiger charge is -2.14. The molecule has 0 heterocycles. The van der Waals surface area contributed by atoms with Gasteiger partial charge in [-0.15, -0.1) is 0 Å². The van der Waals surface area contributed by atoms with Crippen LogP contribution in [0.5, 0.6) is 0 Å². The third-order valence-corrected chi connectivity index (χ3v) is 3.18. The highest BCUT2D eigenvalue weighted by atomic mass is 32.2. The minimum atomic E-state index is -3.38. The Labute approximate surface area is 119 Å². The van der Waals surface area contributed by atoms with Crippen molar-refractivity contribution in [1.29, 1.82) is 0 Å². The van der Waals surface area contributed by atoms with Crippen molar-refractivity contribution < 1.29 is 17.9 Å². The molecule has 1 aromatic rings. The number of rotatable bonds is 6. The minimum Gasteiger partial charge on any atom is -0.383 e. The molecule has 0 aliphatic heterocycles. The first kappa shape index (κ1) is 16.5. The lowest BCUT2D eigenvalue weighted by Crippen LogP contribution is -2.35. The van der Waals surface area contributed by atoms with Crippen LogP contribution in [0.15, 0.2) is 18.2 Å². The number of benzene rings is 1. The first-order valence-electron chi connectivity index (χ1n) is 6.11. The van der Waals surface area contributed by atoms with Crippen LogP contribution in [0.4, 0.5) is 5.69 Å². The lowest BCUT2D eigenvalue weighted by atomic mass is 10.1. The van der Waals surface area contributed by atoms with Gasteiger partial charge in [-0.3, -0.25) is 9.52 Å². The molecule has 20 heavy (non-hydrogen) atoms. The van der Waals surface area contributed by atoms with Crippen molar-refractivity contribution in [3.8, 4) is 0 Å². The Balaban J connectivity index is 2.92. The maximum Gasteiger partial charge on any atom is 0.251 e. The van der Waals surface area contributed by atoms with Crippen molar-refractivity contribution in [3.05, 3.63) is 29.3 Å². The van der Waals surface area contributed by atoms with Gasteiger partial charge in [-0.05, 0) is 31.5 Å². The summed E-state index contributed by atoms with van der Waals surface area (Å²) in [7, 11) is -1.82. The van der Waals surface area contributed by atoms with Crippen molar-refractivity contribution >= 4 is 21.6 Å². The van der Waals surface area contributed by atoms with Gasteiger partial charge in [-0.1, -0.05) is 6.07 Å². The molecule has 0 radical (unpaired) electrons. The summed E-state index contributed by atoms with van der Waals surface area (Å²) in [5, 5.41) is 2.77. The molecule has 0 saturated heterocycles. The normalized spacial score (nSPS) is 12.8. The predicted octanol–water partition coefficient (Wildman–Crippen LogP) is 1.13. The fraction of sp³-hybridized carbons (Fsp3) is 0.462. The maximum atomic E-state index is 12.0. The summed E-state index contributed by atoms with van der Waals surface area (Å²) >= 11 is 0. The van der Waals surface area contributed by atoms with Gasteiger partial charge in [0.1, 0.15) is 0 Å². The number of hydrogen-bond donors (Lipinski definition) is 2. The molecular formula is C13H20N2O4S. The van der Waals surface area contributed by atoms with Crippen LogP contribution in [0, 0.1) is 6.92 Å². The van der Waals surface area contributed by atoms with Gasteiger partial charge in [0.05, 0.1) is 18.6 Å². The monoisotopic (exact) mass is 300 g/mol. The number of methoxy groups -OCH3 is 1. The summed E-state index contributed by atoms with van der Waals surface area (Å²) in [6.07, 6.45) is 1.07. The Kier molecular flexibility index (Phi) is 5.52. The first-order chi connectivity index (χ1) is 9.23. The van der Waals surface area contributed by atoms with Crippen LogP contribution in [-0.2, 0) is 14.8 Å². The Morgan fingerprint density at radius 2 is 2.05 bits per heavy atom. The summed E-state index contributed by atoms with van der Waals surface area (Å²) in [4.78, 5) is 12.0. The number of anilines is 1. The van der Waals surface area contributed by atoms with Crippen LogP contribution in [0.25, 0.3) is 0 Å². The minimum absolute atomic E-state index is 0.125. The molecule has 1 atom stereocenters. The van der Waals surface area contributed by atoms with Crippen LogP contribution >= 0.6 is 0 Å². The van der Waals surface area contributed by atoms with Crippen LogP contribution in [0.2, 0.25) is 0 Å². The largest absolute Gasteiger partial charge is 0.383 e. The van der Waals surface area contributed by atoms with E-state index in [1.165, 1.54) is 6.07 Å². The molecule has 112 valence electrons. The van der Waals surface area contributed by atoms with Crippen molar-refractivity contribution in [2.45, 2.75) is 19.9 Å². The summed E-state index contributed by atoms with van der Waals surface area (Å²) in [6, 6.07) is 4.74. The number of carbonyl (C=O) groups is 1. The Bertz CT molecular complexity index is 584. The van der Waals surface area contributed by atoms with Crippen LogP contribution in [0.1, 0.15) is 22.8 Å². The molecule has 0 aliphatic rings. The second-order valence-electron chi connectivity index (χ2n) is 4.73. The quantitative estimate of drug-likeness (QED) is 0.825. The van der Waals surface area contributed by atoms with Crippen molar-refractivity contribution in [2.24, 2.45) is 0 Å². The standard InChI is InChI=1S/C13H20N2O4S/c1-9-5-6-11(7-12(9)15-20(4,17)18)13(16)14-10(2)8-19-3/h5-7,10,15H,8H2,1-4H3,(H,14,16)/t10-/m1/s1. The van der Waals surface area contributed by atoms with E-state index >= 15 is 0 Å². The number of aryl methyl sites for hydroxylation is 1. The number of hydrogen-bond acceptors (Lipinski definition) is 4. The van der Waals surface area contributed by atoms with E-state index in [2.05, 4.69) is 10.0 Å². The molecule has 2 N–H and O–H groups in total. The number of ether oxygens (including phenoxy) is 1. The van der Waals surface area contributed by atoms with Crippen LogP contribution < -0.4 is 10.0 Å². The lowest BCUT2D eigenvalue weighted by molar-refractivity contribution is 0.0905. The van der Waals surface area contributed by atoms with Gasteiger partial charge in [0.15, 0.2) is 0 Å². The molecule has 6 nitrogen and oxygen atoms in total. The first-order valence-corrected chi connectivity index (χ1v) is 8.00. The zero-order valence-corrected chi connectivity index (χ0v) is 12.9. The zero-order chi connectivity index (χ0) is 15.3. The summed E-state index contributed by atoms with van der Waals surface area (Å²) < 4.78 is 29.9. The van der Waals surface area contributed by atoms with E-state index in [1.807, 2.05) is 6.92 Å². The Morgan fingerprint density at radius 3 is 2.60 bits per heavy atom. The topological polar surface area (TPSA) is 84.5 Å². The van der Waals surface area contributed by atoms with Crippen molar-refractivity contribution in [3.63, 3.8) is 0 Å². The molecule has 0 spiro atoms. The fourth-order valence-electron chi connectivity index (χ4n) is 1.67. The van der Waals surface area contributed by atoms with E-state index in [0.717, 1.165) is 11.8 Å². The number of sulfonamides is 1. The number of amides is 1. The summed E-state index contributed by atoms with van der Waals surface area (Å²) in [5.74, 6) is -0.272. The molecular weight excluding hydrogens is 280 g/mol.